The number of likely N-dealkylation sites (tertiary alicyclic amines) is 1. The highest BCUT2D eigenvalue weighted by atomic mass is 32.2. The van der Waals surface area contributed by atoms with Crippen molar-refractivity contribution in [3.63, 3.8) is 0 Å². The Morgan fingerprint density at radius 1 is 1.18 bits per heavy atom. The quantitative estimate of drug-likeness (QED) is 0.446. The average Bonchev–Trinajstić information content (AvgIpc) is 2.79. The Kier molecular flexibility index (Phi) is 7.64. The molecule has 11 heteroatoms. The first-order valence-corrected chi connectivity index (χ1v) is 12.1. The number of anilines is 1. The number of carbonyl (C=O) groups is 2. The molecule has 1 saturated heterocycles. The van der Waals surface area contributed by atoms with Gasteiger partial charge in [-0.15, -0.1) is 0 Å². The van der Waals surface area contributed by atoms with E-state index in [1.165, 1.54) is 42.5 Å². The summed E-state index contributed by atoms with van der Waals surface area (Å²) in [6.07, 6.45) is 2.34. The molecule has 2 N–H and O–H groups in total. The number of rotatable bonds is 8. The summed E-state index contributed by atoms with van der Waals surface area (Å²) in [5, 5.41) is 13.6. The Labute approximate surface area is 192 Å². The van der Waals surface area contributed by atoms with Crippen molar-refractivity contribution in [1.29, 1.82) is 0 Å². The van der Waals surface area contributed by atoms with E-state index in [0.29, 0.717) is 11.5 Å². The standard InChI is InChI=1S/C22H26N4O6S/c1-16-4-3-13-25(15-16)21(27)11-12-23-22(28)17-7-9-18(10-8-17)24-33(31,32)20-6-2-5-19(14-20)26(29)30/h2,5-10,14,16,24H,3-4,11-13,15H2,1H3,(H,23,28). The lowest BCUT2D eigenvalue weighted by molar-refractivity contribution is -0.385. The van der Waals surface area contributed by atoms with Gasteiger partial charge in [-0.3, -0.25) is 24.4 Å². The summed E-state index contributed by atoms with van der Waals surface area (Å²) in [7, 11) is -4.04. The van der Waals surface area contributed by atoms with E-state index in [2.05, 4.69) is 17.0 Å². The number of non-ortho nitro benzene ring substituents is 1. The number of hydrogen-bond donors (Lipinski definition) is 2. The van der Waals surface area contributed by atoms with E-state index in [4.69, 9.17) is 0 Å². The monoisotopic (exact) mass is 474 g/mol. The number of hydrogen-bond acceptors (Lipinski definition) is 6. The molecule has 0 aliphatic carbocycles. The number of nitrogens with one attached hydrogen (secondary N) is 2. The number of nitrogens with zero attached hydrogens (tertiary/aromatic N) is 2. The second-order valence-electron chi connectivity index (χ2n) is 8.03. The molecule has 1 heterocycles. The summed E-state index contributed by atoms with van der Waals surface area (Å²) >= 11 is 0. The van der Waals surface area contributed by atoms with Crippen LogP contribution in [0.15, 0.2) is 53.4 Å². The first-order chi connectivity index (χ1) is 15.7. The van der Waals surface area contributed by atoms with Crippen molar-refractivity contribution in [2.24, 2.45) is 5.92 Å². The third-order valence-electron chi connectivity index (χ3n) is 5.37. The number of benzene rings is 2. The number of sulfonamides is 1. The van der Waals surface area contributed by atoms with Gasteiger partial charge in [-0.2, -0.15) is 0 Å². The van der Waals surface area contributed by atoms with Crippen molar-refractivity contribution in [2.45, 2.75) is 31.1 Å². The number of nitro groups is 1. The molecule has 2 amide bonds. The minimum absolute atomic E-state index is 0.0211. The lowest BCUT2D eigenvalue weighted by Crippen LogP contribution is -2.40. The van der Waals surface area contributed by atoms with Crippen molar-refractivity contribution in [1.82, 2.24) is 10.2 Å². The van der Waals surface area contributed by atoms with Gasteiger partial charge in [0.05, 0.1) is 9.82 Å². The van der Waals surface area contributed by atoms with E-state index in [1.807, 2.05) is 4.90 Å². The van der Waals surface area contributed by atoms with Gasteiger partial charge in [-0.05, 0) is 49.1 Å². The summed E-state index contributed by atoms with van der Waals surface area (Å²) in [6.45, 7) is 3.84. The molecular weight excluding hydrogens is 448 g/mol. The molecule has 1 fully saturated rings. The predicted octanol–water partition coefficient (Wildman–Crippen LogP) is 2.77. The van der Waals surface area contributed by atoms with Crippen LogP contribution in [-0.4, -0.2) is 49.7 Å². The fourth-order valence-corrected chi connectivity index (χ4v) is 4.72. The van der Waals surface area contributed by atoms with Crippen LogP contribution in [0.25, 0.3) is 0 Å². The smallest absolute Gasteiger partial charge is 0.270 e. The molecule has 2 aromatic carbocycles. The van der Waals surface area contributed by atoms with Gasteiger partial charge in [0.15, 0.2) is 0 Å². The van der Waals surface area contributed by atoms with Crippen LogP contribution in [0.2, 0.25) is 0 Å². The predicted molar refractivity (Wildman–Crippen MR) is 122 cm³/mol. The number of nitro benzene ring substituents is 1. The van der Waals surface area contributed by atoms with Crippen molar-refractivity contribution in [3.8, 4) is 0 Å². The molecule has 33 heavy (non-hydrogen) atoms. The van der Waals surface area contributed by atoms with E-state index in [-0.39, 0.29) is 41.1 Å². The van der Waals surface area contributed by atoms with Gasteiger partial charge < -0.3 is 10.2 Å². The summed E-state index contributed by atoms with van der Waals surface area (Å²) in [6, 6.07) is 10.5. The highest BCUT2D eigenvalue weighted by molar-refractivity contribution is 7.92. The molecule has 0 bridgehead atoms. The van der Waals surface area contributed by atoms with Crippen LogP contribution in [0.1, 0.15) is 36.5 Å². The highest BCUT2D eigenvalue weighted by Crippen LogP contribution is 2.21. The molecule has 1 atom stereocenters. The van der Waals surface area contributed by atoms with E-state index in [0.717, 1.165) is 32.0 Å². The van der Waals surface area contributed by atoms with Crippen molar-refractivity contribution in [2.75, 3.05) is 24.4 Å². The topological polar surface area (TPSA) is 139 Å². The van der Waals surface area contributed by atoms with Gasteiger partial charge in [-0.1, -0.05) is 13.0 Å². The molecule has 2 aromatic rings. The molecule has 0 aromatic heterocycles. The van der Waals surface area contributed by atoms with Crippen LogP contribution < -0.4 is 10.0 Å². The third kappa shape index (κ3) is 6.51. The fourth-order valence-electron chi connectivity index (χ4n) is 3.63. The lowest BCUT2D eigenvalue weighted by Gasteiger charge is -2.31. The van der Waals surface area contributed by atoms with E-state index in [9.17, 15) is 28.1 Å². The third-order valence-corrected chi connectivity index (χ3v) is 6.75. The summed E-state index contributed by atoms with van der Waals surface area (Å²) in [5.74, 6) is 0.140. The Hall–Kier alpha value is -3.47. The van der Waals surface area contributed by atoms with Crippen LogP contribution >= 0.6 is 0 Å². The molecule has 0 spiro atoms. The second-order valence-corrected chi connectivity index (χ2v) is 9.71. The van der Waals surface area contributed by atoms with Gasteiger partial charge in [0.2, 0.25) is 5.91 Å². The van der Waals surface area contributed by atoms with Gasteiger partial charge >= 0.3 is 0 Å². The molecule has 176 valence electrons. The van der Waals surface area contributed by atoms with E-state index >= 15 is 0 Å². The van der Waals surface area contributed by atoms with E-state index < -0.39 is 14.9 Å². The summed E-state index contributed by atoms with van der Waals surface area (Å²) in [5.41, 5.74) is 0.179. The molecule has 1 aliphatic heterocycles. The van der Waals surface area contributed by atoms with Crippen molar-refractivity contribution in [3.05, 3.63) is 64.2 Å². The van der Waals surface area contributed by atoms with Crippen LogP contribution in [0.3, 0.4) is 0 Å². The zero-order valence-electron chi connectivity index (χ0n) is 18.2. The molecule has 0 saturated carbocycles. The minimum atomic E-state index is -4.04. The Morgan fingerprint density at radius 3 is 2.58 bits per heavy atom. The molecule has 1 unspecified atom stereocenters. The fraction of sp³-hybridized carbons (Fsp3) is 0.364. The van der Waals surface area contributed by atoms with Crippen molar-refractivity contribution < 1.29 is 22.9 Å². The Bertz CT molecular complexity index is 1130. The van der Waals surface area contributed by atoms with Crippen molar-refractivity contribution >= 4 is 33.2 Å². The zero-order valence-corrected chi connectivity index (χ0v) is 19.0. The largest absolute Gasteiger partial charge is 0.352 e. The van der Waals surface area contributed by atoms with Gasteiger partial charge in [0.25, 0.3) is 21.6 Å². The lowest BCUT2D eigenvalue weighted by atomic mass is 10.00. The first-order valence-electron chi connectivity index (χ1n) is 10.6. The highest BCUT2D eigenvalue weighted by Gasteiger charge is 2.21. The van der Waals surface area contributed by atoms with Gasteiger partial charge in [-0.25, -0.2) is 8.42 Å². The molecular formula is C22H26N4O6S. The van der Waals surface area contributed by atoms with Gasteiger partial charge in [0.1, 0.15) is 0 Å². The number of carbonyl (C=O) groups excluding carboxylic acids is 2. The maximum absolute atomic E-state index is 12.5. The zero-order chi connectivity index (χ0) is 24.0. The van der Waals surface area contributed by atoms with Crippen LogP contribution in [-0.2, 0) is 14.8 Å². The van der Waals surface area contributed by atoms with Gasteiger partial charge in [0, 0.05) is 49.4 Å². The van der Waals surface area contributed by atoms with Crippen LogP contribution in [0.5, 0.6) is 0 Å². The minimum Gasteiger partial charge on any atom is -0.352 e. The first kappa shape index (κ1) is 24.2. The summed E-state index contributed by atoms with van der Waals surface area (Å²) < 4.78 is 27.3. The maximum atomic E-state index is 12.5. The molecule has 0 radical (unpaired) electrons. The Morgan fingerprint density at radius 2 is 1.91 bits per heavy atom. The van der Waals surface area contributed by atoms with Crippen LogP contribution in [0.4, 0.5) is 11.4 Å². The second kappa shape index (κ2) is 10.4. The van der Waals surface area contributed by atoms with E-state index in [1.54, 1.807) is 0 Å². The van der Waals surface area contributed by atoms with Crippen LogP contribution in [0, 0.1) is 16.0 Å². The molecule has 10 nitrogen and oxygen atoms in total. The average molecular weight is 475 g/mol. The normalized spacial score (nSPS) is 16.2. The Balaban J connectivity index is 1.54. The molecule has 1 aliphatic rings. The number of amides is 2. The maximum Gasteiger partial charge on any atom is 0.270 e. The SMILES string of the molecule is CC1CCCN(C(=O)CCNC(=O)c2ccc(NS(=O)(=O)c3cccc([N+](=O)[O-])c3)cc2)C1. The molecule has 3 rings (SSSR count). The summed E-state index contributed by atoms with van der Waals surface area (Å²) in [4.78, 5) is 36.4. The number of piperidine rings is 1.